The first kappa shape index (κ1) is 21.7. The third kappa shape index (κ3) is 3.34. The first-order chi connectivity index (χ1) is 17.4. The summed E-state index contributed by atoms with van der Waals surface area (Å²) < 4.78 is 22.4. The Balaban J connectivity index is 1.58. The minimum atomic E-state index is -0.750. The maximum atomic E-state index is 13.5. The standard InChI is InChI=1S/C28H18O8/c1-33-16-6-8-22-19(10-16)27(32)21(13-34-22)18-11-24(30)36-23-9-7-17-26(31)20(12-35-28(17)25(18)23)14-2-4-15(29)5-3-14/h2-10,12-13,18,29H,11H2,1H3. The van der Waals surface area contributed by atoms with Gasteiger partial charge < -0.3 is 23.4 Å². The van der Waals surface area contributed by atoms with E-state index in [-0.39, 0.29) is 45.3 Å². The highest BCUT2D eigenvalue weighted by atomic mass is 16.5. The highest BCUT2D eigenvalue weighted by Crippen LogP contribution is 2.42. The van der Waals surface area contributed by atoms with E-state index in [9.17, 15) is 19.5 Å². The van der Waals surface area contributed by atoms with Gasteiger partial charge in [0, 0.05) is 17.0 Å². The van der Waals surface area contributed by atoms with Crippen molar-refractivity contribution in [2.45, 2.75) is 12.3 Å². The number of fused-ring (bicyclic) bond motifs is 4. The lowest BCUT2D eigenvalue weighted by molar-refractivity contribution is -0.135. The molecule has 0 amide bonds. The topological polar surface area (TPSA) is 116 Å². The molecular formula is C28H18O8. The second-order valence-electron chi connectivity index (χ2n) is 8.49. The number of rotatable bonds is 3. The molecule has 0 saturated carbocycles. The van der Waals surface area contributed by atoms with Crippen LogP contribution in [-0.4, -0.2) is 18.2 Å². The number of hydrogen-bond donors (Lipinski definition) is 1. The molecule has 2 aromatic heterocycles. The fourth-order valence-corrected chi connectivity index (χ4v) is 4.65. The largest absolute Gasteiger partial charge is 0.508 e. The van der Waals surface area contributed by atoms with Crippen molar-refractivity contribution in [3.8, 4) is 28.4 Å². The molecule has 0 bridgehead atoms. The van der Waals surface area contributed by atoms with Gasteiger partial charge in [-0.05, 0) is 48.0 Å². The van der Waals surface area contributed by atoms with E-state index in [4.69, 9.17) is 18.3 Å². The Kier molecular flexibility index (Phi) is 4.89. The highest BCUT2D eigenvalue weighted by Gasteiger charge is 2.34. The average Bonchev–Trinajstić information content (AvgIpc) is 2.89. The minimum absolute atomic E-state index is 0.0782. The number of carbonyl (C=O) groups is 1. The first-order valence-electron chi connectivity index (χ1n) is 11.1. The summed E-state index contributed by atoms with van der Waals surface area (Å²) in [5, 5.41) is 10.2. The molecule has 0 aliphatic carbocycles. The minimum Gasteiger partial charge on any atom is -0.508 e. The second-order valence-corrected chi connectivity index (χ2v) is 8.49. The predicted octanol–water partition coefficient (Wildman–Crippen LogP) is 4.72. The van der Waals surface area contributed by atoms with Crippen molar-refractivity contribution in [2.75, 3.05) is 7.11 Å². The summed E-state index contributed by atoms with van der Waals surface area (Å²) >= 11 is 0. The van der Waals surface area contributed by atoms with E-state index in [0.29, 0.717) is 33.4 Å². The number of esters is 1. The van der Waals surface area contributed by atoms with Crippen LogP contribution in [0.2, 0.25) is 0 Å². The van der Waals surface area contributed by atoms with Gasteiger partial charge in [-0.2, -0.15) is 0 Å². The molecule has 1 aliphatic rings. The smallest absolute Gasteiger partial charge is 0.312 e. The van der Waals surface area contributed by atoms with Crippen molar-refractivity contribution in [1.82, 2.24) is 0 Å². The Morgan fingerprint density at radius 1 is 0.889 bits per heavy atom. The maximum Gasteiger partial charge on any atom is 0.312 e. The molecule has 0 radical (unpaired) electrons. The zero-order chi connectivity index (χ0) is 25.0. The third-order valence-corrected chi connectivity index (χ3v) is 6.44. The third-order valence-electron chi connectivity index (χ3n) is 6.44. The molecule has 1 atom stereocenters. The van der Waals surface area contributed by atoms with Crippen LogP contribution < -0.4 is 20.3 Å². The molecule has 0 spiro atoms. The molecule has 0 saturated heterocycles. The van der Waals surface area contributed by atoms with Crippen LogP contribution in [0.15, 0.2) is 85.5 Å². The van der Waals surface area contributed by atoms with Crippen LogP contribution in [0.1, 0.15) is 23.5 Å². The molecule has 5 aromatic rings. The molecule has 178 valence electrons. The van der Waals surface area contributed by atoms with Crippen LogP contribution in [-0.2, 0) is 4.79 Å². The summed E-state index contributed by atoms with van der Waals surface area (Å²) in [6.45, 7) is 0. The van der Waals surface area contributed by atoms with Crippen molar-refractivity contribution in [3.63, 3.8) is 0 Å². The van der Waals surface area contributed by atoms with Crippen molar-refractivity contribution < 1.29 is 28.2 Å². The van der Waals surface area contributed by atoms with Gasteiger partial charge in [0.2, 0.25) is 5.43 Å². The molecule has 36 heavy (non-hydrogen) atoms. The van der Waals surface area contributed by atoms with Gasteiger partial charge in [0.15, 0.2) is 5.43 Å². The number of carbonyl (C=O) groups excluding carboxylic acids is 1. The van der Waals surface area contributed by atoms with Crippen LogP contribution in [0, 0.1) is 0 Å². The lowest BCUT2D eigenvalue weighted by Gasteiger charge is -2.25. The van der Waals surface area contributed by atoms with Gasteiger partial charge in [-0.25, -0.2) is 0 Å². The number of aromatic hydroxyl groups is 1. The van der Waals surface area contributed by atoms with Crippen LogP contribution in [0.25, 0.3) is 33.1 Å². The molecule has 1 unspecified atom stereocenters. The van der Waals surface area contributed by atoms with E-state index in [2.05, 4.69) is 0 Å². The Morgan fingerprint density at radius 2 is 1.69 bits per heavy atom. The molecule has 1 N–H and O–H groups in total. The van der Waals surface area contributed by atoms with Crippen molar-refractivity contribution in [2.24, 2.45) is 0 Å². The second kappa shape index (κ2) is 8.13. The zero-order valence-electron chi connectivity index (χ0n) is 18.9. The lowest BCUT2D eigenvalue weighted by Crippen LogP contribution is -2.25. The zero-order valence-corrected chi connectivity index (χ0v) is 18.9. The van der Waals surface area contributed by atoms with E-state index in [1.54, 1.807) is 30.3 Å². The quantitative estimate of drug-likeness (QED) is 0.290. The van der Waals surface area contributed by atoms with Gasteiger partial charge in [0.25, 0.3) is 0 Å². The van der Waals surface area contributed by atoms with Crippen LogP contribution in [0.3, 0.4) is 0 Å². The number of phenolic OH excluding ortho intramolecular Hbond substituents is 1. The fraction of sp³-hybridized carbons (Fsp3) is 0.107. The number of phenols is 1. The van der Waals surface area contributed by atoms with Gasteiger partial charge in [-0.15, -0.1) is 0 Å². The summed E-state index contributed by atoms with van der Waals surface area (Å²) in [5.41, 5.74) is 1.55. The van der Waals surface area contributed by atoms with E-state index in [1.165, 1.54) is 43.9 Å². The van der Waals surface area contributed by atoms with E-state index in [1.807, 2.05) is 0 Å². The Morgan fingerprint density at radius 3 is 2.47 bits per heavy atom. The first-order valence-corrected chi connectivity index (χ1v) is 11.1. The van der Waals surface area contributed by atoms with E-state index >= 15 is 0 Å². The summed E-state index contributed by atoms with van der Waals surface area (Å²) in [7, 11) is 1.50. The van der Waals surface area contributed by atoms with Crippen molar-refractivity contribution >= 4 is 27.9 Å². The number of ether oxygens (including phenoxy) is 2. The number of benzene rings is 3. The van der Waals surface area contributed by atoms with Gasteiger partial charge in [-0.3, -0.25) is 14.4 Å². The van der Waals surface area contributed by atoms with Gasteiger partial charge >= 0.3 is 5.97 Å². The Bertz CT molecular complexity index is 1790. The predicted molar refractivity (Wildman–Crippen MR) is 131 cm³/mol. The van der Waals surface area contributed by atoms with Gasteiger partial charge in [0.1, 0.15) is 34.7 Å². The summed E-state index contributed by atoms with van der Waals surface area (Å²) in [4.78, 5) is 39.4. The number of methoxy groups -OCH3 is 1. The van der Waals surface area contributed by atoms with E-state index in [0.717, 1.165) is 0 Å². The molecule has 1 aliphatic heterocycles. The highest BCUT2D eigenvalue weighted by molar-refractivity contribution is 5.90. The Labute approximate surface area is 202 Å². The molecule has 8 nitrogen and oxygen atoms in total. The maximum absolute atomic E-state index is 13.5. The lowest BCUT2D eigenvalue weighted by atomic mass is 9.85. The van der Waals surface area contributed by atoms with E-state index < -0.39 is 11.9 Å². The van der Waals surface area contributed by atoms with Crippen molar-refractivity contribution in [1.29, 1.82) is 0 Å². The molecular weight excluding hydrogens is 464 g/mol. The summed E-state index contributed by atoms with van der Waals surface area (Å²) in [6, 6.07) is 14.2. The number of hydrogen-bond acceptors (Lipinski definition) is 8. The van der Waals surface area contributed by atoms with Crippen LogP contribution in [0.5, 0.6) is 17.2 Å². The van der Waals surface area contributed by atoms with Crippen molar-refractivity contribution in [3.05, 3.63) is 98.7 Å². The molecule has 0 fully saturated rings. The normalized spacial score (nSPS) is 15.0. The SMILES string of the molecule is COc1ccc2occ(C3CC(=O)Oc4ccc5c(=O)c(-c6ccc(O)cc6)coc5c43)c(=O)c2c1. The monoisotopic (exact) mass is 482 g/mol. The fourth-order valence-electron chi connectivity index (χ4n) is 4.65. The summed E-state index contributed by atoms with van der Waals surface area (Å²) in [6.07, 6.45) is 2.54. The molecule has 6 rings (SSSR count). The molecule has 3 heterocycles. The van der Waals surface area contributed by atoms with Gasteiger partial charge in [-0.1, -0.05) is 12.1 Å². The summed E-state index contributed by atoms with van der Waals surface area (Å²) in [5.74, 6) is -0.475. The molecule has 8 heteroatoms. The van der Waals surface area contributed by atoms with Gasteiger partial charge in [0.05, 0.1) is 36.1 Å². The molecule has 3 aromatic carbocycles. The van der Waals surface area contributed by atoms with Crippen LogP contribution in [0.4, 0.5) is 0 Å². The van der Waals surface area contributed by atoms with Crippen LogP contribution >= 0.6 is 0 Å². The Hall–Kier alpha value is -4.85. The average molecular weight is 482 g/mol.